The third kappa shape index (κ3) is 22.6. The highest BCUT2D eigenvalue weighted by molar-refractivity contribution is 7.15. The first-order valence-electron chi connectivity index (χ1n) is 38.3. The Morgan fingerprint density at radius 3 is 0.862 bits per heavy atom. The molecule has 638 valence electrons. The lowest BCUT2D eigenvalue weighted by Crippen LogP contribution is -2.34. The molecular weight excluding hydrogens is 1650 g/mol. The molecule has 123 heavy (non-hydrogen) atoms. The minimum Gasteiger partial charge on any atom is -0.496 e. The molecule has 0 aliphatic carbocycles. The number of thiazole rings is 4. The number of hydrogen-bond acceptors (Lipinski definition) is 25. The van der Waals surface area contributed by atoms with Gasteiger partial charge in [0.05, 0.1) is 138 Å². The molecule has 6 aromatic heterocycles. The Balaban J connectivity index is 0.000000160. The standard InChI is InChI=1S/C24H21FN2O4S.C24H22N2O4S.C23H26N2O5S.C22H24N2O4S/c1-15-21(29-2)11-17(12-22(15)30-3)23(28)27(13-19-5-4-10-31-19)24-26-20(14-32-24)16-6-8-18(25)9-7-16;1-16-21(28-2)12-18(13-22(16)29-3)23(27)26(14-19-10-7-11-30-19)24-25-20(15-31-24)17-8-5-4-6-9-17;1-15-20(29-3)11-18(12-21(15)30-4)22(27)25(9-10-28-2)23-24-19(14-31-23)17-7-5-16(13-26)6-8-17;1-15-19(27-3)12-17(13-20(15)28-4)21(25)24(10-11-26-2)22-23-18(14-29-22)16-8-6-5-7-9-16/h4-12,14H,13H2,1-3H3;4-13,15H,14H2,1-3H3;5-8,11-12,14,26H,9-10,13H2,1-4H3;5-9,12-14H,10-11H2,1-4H3. The summed E-state index contributed by atoms with van der Waals surface area (Å²) in [6, 6.07) is 54.2. The summed E-state index contributed by atoms with van der Waals surface area (Å²) in [5, 5.41) is 19.1. The number of benzene rings is 8. The van der Waals surface area contributed by atoms with E-state index in [0.29, 0.717) is 132 Å². The predicted molar refractivity (Wildman–Crippen MR) is 479 cm³/mol. The average molecular weight is 1740 g/mol. The minimum atomic E-state index is -0.318. The molecule has 14 aromatic rings. The highest BCUT2D eigenvalue weighted by Crippen LogP contribution is 2.40. The summed E-state index contributed by atoms with van der Waals surface area (Å²) < 4.78 is 78.1. The largest absolute Gasteiger partial charge is 0.496 e. The molecule has 6 heterocycles. The normalized spacial score (nSPS) is 10.7. The van der Waals surface area contributed by atoms with Crippen molar-refractivity contribution < 1.29 is 84.9 Å². The number of furan rings is 2. The second kappa shape index (κ2) is 43.9. The highest BCUT2D eigenvalue weighted by Gasteiger charge is 2.30. The zero-order valence-electron chi connectivity index (χ0n) is 70.3. The number of amides is 4. The number of aliphatic hydroxyl groups is 1. The number of carbonyl (C=O) groups is 4. The fourth-order valence-electron chi connectivity index (χ4n) is 12.7. The lowest BCUT2D eigenvalue weighted by molar-refractivity contribution is 0.0968. The van der Waals surface area contributed by atoms with Gasteiger partial charge in [0.1, 0.15) is 63.3 Å². The van der Waals surface area contributed by atoms with Gasteiger partial charge < -0.3 is 61.3 Å². The van der Waals surface area contributed by atoms with Crippen LogP contribution in [0.1, 0.15) is 80.8 Å². The van der Waals surface area contributed by atoms with Crippen LogP contribution in [0.2, 0.25) is 0 Å². The maximum atomic E-state index is 13.6. The summed E-state index contributed by atoms with van der Waals surface area (Å²) >= 11 is 5.54. The maximum absolute atomic E-state index is 13.6. The zero-order chi connectivity index (χ0) is 87.6. The molecule has 30 heteroatoms. The molecule has 0 fully saturated rings. The molecule has 25 nitrogen and oxygen atoms in total. The number of anilines is 4. The lowest BCUT2D eigenvalue weighted by atomic mass is 10.1. The molecule has 0 aliphatic rings. The van der Waals surface area contributed by atoms with E-state index in [0.717, 1.165) is 67.2 Å². The van der Waals surface area contributed by atoms with Crippen LogP contribution in [0.4, 0.5) is 24.9 Å². The summed E-state index contributed by atoms with van der Waals surface area (Å²) in [6.45, 7) is 9.46. The lowest BCUT2D eigenvalue weighted by Gasteiger charge is -2.21. The smallest absolute Gasteiger partial charge is 0.260 e. The van der Waals surface area contributed by atoms with Gasteiger partial charge in [0, 0.05) is 103 Å². The molecule has 0 saturated carbocycles. The van der Waals surface area contributed by atoms with Gasteiger partial charge in [-0.15, -0.1) is 45.3 Å². The van der Waals surface area contributed by atoms with Crippen LogP contribution in [0.3, 0.4) is 0 Å². The van der Waals surface area contributed by atoms with Crippen LogP contribution in [0.15, 0.2) is 225 Å². The predicted octanol–water partition coefficient (Wildman–Crippen LogP) is 19.6. The Bertz CT molecular complexity index is 5710. The van der Waals surface area contributed by atoms with Crippen LogP contribution < -0.4 is 57.5 Å². The van der Waals surface area contributed by atoms with Crippen molar-refractivity contribution in [3.05, 3.63) is 283 Å². The molecule has 1 N–H and O–H groups in total. The van der Waals surface area contributed by atoms with Gasteiger partial charge in [0.25, 0.3) is 23.6 Å². The van der Waals surface area contributed by atoms with Crippen LogP contribution in [0, 0.1) is 33.5 Å². The van der Waals surface area contributed by atoms with Crippen molar-refractivity contribution in [3.8, 4) is 91.0 Å². The van der Waals surface area contributed by atoms with E-state index in [2.05, 4.69) is 15.0 Å². The van der Waals surface area contributed by atoms with Crippen LogP contribution in [-0.4, -0.2) is 146 Å². The van der Waals surface area contributed by atoms with Gasteiger partial charge in [0.2, 0.25) is 0 Å². The average Bonchev–Trinajstić information content (AvgIpc) is 1.73. The third-order valence-electron chi connectivity index (χ3n) is 19.4. The molecule has 14 rings (SSSR count). The third-order valence-corrected chi connectivity index (χ3v) is 22.9. The van der Waals surface area contributed by atoms with Crippen molar-refractivity contribution in [1.82, 2.24) is 19.9 Å². The molecular formula is C93H93FN8O17S4. The van der Waals surface area contributed by atoms with Crippen molar-refractivity contribution >= 4 is 89.5 Å². The number of hydrogen-bond donors (Lipinski definition) is 1. The molecule has 8 aromatic carbocycles. The van der Waals surface area contributed by atoms with Gasteiger partial charge in [-0.25, -0.2) is 24.3 Å². The maximum Gasteiger partial charge on any atom is 0.260 e. The summed E-state index contributed by atoms with van der Waals surface area (Å²) in [7, 11) is 15.7. The van der Waals surface area contributed by atoms with Gasteiger partial charge in [-0.3, -0.25) is 38.8 Å². The number of methoxy groups -OCH3 is 10. The van der Waals surface area contributed by atoms with Crippen molar-refractivity contribution in [2.75, 3.05) is 117 Å². The molecule has 0 unspecified atom stereocenters. The fraction of sp³-hybridized carbons (Fsp3) is 0.226. The van der Waals surface area contributed by atoms with Crippen LogP contribution >= 0.6 is 45.3 Å². The number of aliphatic hydroxyl groups excluding tert-OH is 1. The Labute approximate surface area is 728 Å². The number of rotatable bonds is 31. The molecule has 4 amide bonds. The first kappa shape index (κ1) is 90.7. The number of aromatic nitrogens is 4. The van der Waals surface area contributed by atoms with Crippen LogP contribution in [0.5, 0.6) is 46.0 Å². The van der Waals surface area contributed by atoms with E-state index in [9.17, 15) is 28.7 Å². The number of carbonyl (C=O) groups excluding carboxylic acids is 4. The van der Waals surface area contributed by atoms with Crippen molar-refractivity contribution in [3.63, 3.8) is 0 Å². The van der Waals surface area contributed by atoms with Crippen LogP contribution in [-0.2, 0) is 29.2 Å². The molecule has 0 aliphatic heterocycles. The van der Waals surface area contributed by atoms with E-state index in [-0.39, 0.29) is 49.1 Å². The molecule has 0 atom stereocenters. The van der Waals surface area contributed by atoms with Gasteiger partial charge in [-0.05, 0) is 130 Å². The van der Waals surface area contributed by atoms with Gasteiger partial charge in [-0.2, -0.15) is 0 Å². The Hall–Kier alpha value is -13.1. The second-order valence-electron chi connectivity index (χ2n) is 27.0. The summed E-state index contributed by atoms with van der Waals surface area (Å²) in [5.41, 5.74) is 12.6. The highest BCUT2D eigenvalue weighted by atomic mass is 32.1. The zero-order valence-corrected chi connectivity index (χ0v) is 73.6. The van der Waals surface area contributed by atoms with E-state index in [1.165, 1.54) is 57.5 Å². The summed E-state index contributed by atoms with van der Waals surface area (Å²) in [5.74, 6) is 4.70. The van der Waals surface area contributed by atoms with Gasteiger partial charge in [-0.1, -0.05) is 84.9 Å². The SMILES string of the molecule is COCCN(C(=O)c1cc(OC)c(C)c(OC)c1)c1nc(-c2ccc(CO)cc2)cs1.COCCN(C(=O)c1cc(OC)c(C)c(OC)c1)c1nc(-c2ccccc2)cs1.COc1cc(C(=O)N(Cc2ccco2)c2nc(-c3ccc(F)cc3)cs2)cc(OC)c1C.COc1cc(C(=O)N(Cc2ccco2)c2nc(-c3ccccc3)cs2)cc(OC)c1C. The van der Waals surface area contributed by atoms with Crippen molar-refractivity contribution in [2.24, 2.45) is 0 Å². The summed E-state index contributed by atoms with van der Waals surface area (Å²) in [4.78, 5) is 79.1. The fourth-order valence-corrected chi connectivity index (χ4v) is 16.0. The molecule has 0 saturated heterocycles. The number of ether oxygens (including phenoxy) is 10. The quantitative estimate of drug-likeness (QED) is 0.0423. The first-order chi connectivity index (χ1) is 59.7. The Morgan fingerprint density at radius 2 is 0.610 bits per heavy atom. The second-order valence-corrected chi connectivity index (χ2v) is 30.4. The molecule has 0 bridgehead atoms. The molecule has 0 radical (unpaired) electrons. The van der Waals surface area contributed by atoms with Gasteiger partial charge in [0.15, 0.2) is 20.5 Å². The monoisotopic (exact) mass is 1740 g/mol. The van der Waals surface area contributed by atoms with Crippen molar-refractivity contribution in [2.45, 2.75) is 47.4 Å². The van der Waals surface area contributed by atoms with Gasteiger partial charge >= 0.3 is 0 Å². The Kier molecular flexibility index (Phi) is 32.4. The summed E-state index contributed by atoms with van der Waals surface area (Å²) in [6.07, 6.45) is 3.15. The van der Waals surface area contributed by atoms with Crippen LogP contribution in [0.25, 0.3) is 45.0 Å². The minimum absolute atomic E-state index is 0.00856. The van der Waals surface area contributed by atoms with E-state index in [4.69, 9.17) is 61.2 Å². The van der Waals surface area contributed by atoms with E-state index < -0.39 is 0 Å². The molecule has 0 spiro atoms. The van der Waals surface area contributed by atoms with E-state index in [1.807, 2.05) is 140 Å². The first-order valence-corrected chi connectivity index (χ1v) is 41.8. The van der Waals surface area contributed by atoms with Crippen molar-refractivity contribution in [1.29, 1.82) is 0 Å². The number of halogens is 1. The topological polar surface area (TPSA) is 272 Å². The number of nitrogens with zero attached hydrogens (tertiary/aromatic N) is 8. The van der Waals surface area contributed by atoms with E-state index in [1.54, 1.807) is 182 Å². The Morgan fingerprint density at radius 1 is 0.350 bits per heavy atom. The van der Waals surface area contributed by atoms with E-state index >= 15 is 0 Å².